The van der Waals surface area contributed by atoms with Gasteiger partial charge in [0.25, 0.3) is 5.56 Å². The number of aryl methyl sites for hydroxylation is 1. The summed E-state index contributed by atoms with van der Waals surface area (Å²) in [4.78, 5) is 27.1. The van der Waals surface area contributed by atoms with Gasteiger partial charge in [0.05, 0.1) is 11.9 Å². The van der Waals surface area contributed by atoms with E-state index in [4.69, 9.17) is 0 Å². The van der Waals surface area contributed by atoms with Crippen molar-refractivity contribution in [2.75, 3.05) is 13.1 Å². The van der Waals surface area contributed by atoms with Crippen LogP contribution in [0.2, 0.25) is 0 Å². The Morgan fingerprint density at radius 3 is 2.67 bits per heavy atom. The number of hydrogen-bond acceptors (Lipinski definition) is 6. The maximum atomic E-state index is 12.7. The molecule has 30 heavy (non-hydrogen) atoms. The van der Waals surface area contributed by atoms with Crippen molar-refractivity contribution in [2.24, 2.45) is 0 Å². The largest absolute Gasteiger partial charge is 0.343 e. The number of aromatic nitrogens is 6. The lowest BCUT2D eigenvalue weighted by atomic mass is 9.96. The van der Waals surface area contributed by atoms with E-state index in [-0.39, 0.29) is 30.3 Å². The van der Waals surface area contributed by atoms with Crippen LogP contribution in [0, 0.1) is 0 Å². The van der Waals surface area contributed by atoms with Gasteiger partial charge in [-0.05, 0) is 37.1 Å². The minimum atomic E-state index is -0.217. The Kier molecular flexibility index (Phi) is 4.70. The van der Waals surface area contributed by atoms with Gasteiger partial charge in [0.15, 0.2) is 5.65 Å². The summed E-state index contributed by atoms with van der Waals surface area (Å²) >= 11 is 0. The second kappa shape index (κ2) is 7.66. The van der Waals surface area contributed by atoms with E-state index in [1.165, 1.54) is 4.68 Å². The van der Waals surface area contributed by atoms with Crippen LogP contribution in [0.3, 0.4) is 0 Å². The number of carbonyl (C=O) groups excluding carboxylic acids is 1. The lowest BCUT2D eigenvalue weighted by molar-refractivity contribution is -0.132. The van der Waals surface area contributed by atoms with Crippen LogP contribution in [0.4, 0.5) is 0 Å². The third-order valence-corrected chi connectivity index (χ3v) is 5.72. The molecule has 4 heterocycles. The van der Waals surface area contributed by atoms with E-state index in [1.54, 1.807) is 18.2 Å². The highest BCUT2D eigenvalue weighted by atomic mass is 16.2. The van der Waals surface area contributed by atoms with Crippen molar-refractivity contribution < 1.29 is 4.79 Å². The number of piperidine rings is 1. The molecule has 9 nitrogen and oxygen atoms in total. The highest BCUT2D eigenvalue weighted by Crippen LogP contribution is 2.27. The second-order valence-corrected chi connectivity index (χ2v) is 7.53. The first-order chi connectivity index (χ1) is 14.7. The fourth-order valence-corrected chi connectivity index (χ4v) is 4.05. The Hall–Kier alpha value is -3.62. The van der Waals surface area contributed by atoms with Crippen molar-refractivity contribution in [3.8, 4) is 0 Å². The molecule has 152 valence electrons. The number of rotatable bonds is 4. The predicted molar refractivity (Wildman–Crippen MR) is 110 cm³/mol. The van der Waals surface area contributed by atoms with Crippen LogP contribution >= 0.6 is 0 Å². The van der Waals surface area contributed by atoms with Crippen LogP contribution in [-0.2, 0) is 11.3 Å². The smallest absolute Gasteiger partial charge is 0.277 e. The molecule has 1 saturated heterocycles. The number of hydrogen-bond donors (Lipinski definition) is 0. The van der Waals surface area contributed by atoms with Crippen LogP contribution in [0.5, 0.6) is 0 Å². The molecular weight excluding hydrogens is 382 g/mol. The van der Waals surface area contributed by atoms with Gasteiger partial charge in [0.2, 0.25) is 5.91 Å². The molecule has 3 aromatic heterocycles. The van der Waals surface area contributed by atoms with Gasteiger partial charge in [-0.25, -0.2) is 4.68 Å². The molecule has 9 heteroatoms. The highest BCUT2D eigenvalue weighted by molar-refractivity contribution is 5.77. The van der Waals surface area contributed by atoms with E-state index >= 15 is 0 Å². The Labute approximate surface area is 171 Å². The zero-order valence-electron chi connectivity index (χ0n) is 16.4. The van der Waals surface area contributed by atoms with E-state index in [0.29, 0.717) is 24.0 Å². The average Bonchev–Trinajstić information content (AvgIpc) is 3.23. The van der Waals surface area contributed by atoms with Gasteiger partial charge in [-0.3, -0.25) is 14.0 Å². The van der Waals surface area contributed by atoms with Gasteiger partial charge < -0.3 is 4.90 Å². The summed E-state index contributed by atoms with van der Waals surface area (Å²) in [5, 5.41) is 17.1. The van der Waals surface area contributed by atoms with Gasteiger partial charge >= 0.3 is 0 Å². The van der Waals surface area contributed by atoms with Crippen molar-refractivity contribution in [1.29, 1.82) is 0 Å². The second-order valence-electron chi connectivity index (χ2n) is 7.53. The third-order valence-electron chi connectivity index (χ3n) is 5.72. The van der Waals surface area contributed by atoms with Gasteiger partial charge in [0, 0.05) is 31.6 Å². The molecule has 0 unspecified atom stereocenters. The number of carbonyl (C=O) groups is 1. The van der Waals surface area contributed by atoms with Crippen molar-refractivity contribution in [3.63, 3.8) is 0 Å². The van der Waals surface area contributed by atoms with Crippen molar-refractivity contribution in [1.82, 2.24) is 34.5 Å². The number of fused-ring (bicyclic) bond motifs is 2. The van der Waals surface area contributed by atoms with Gasteiger partial charge in [-0.1, -0.05) is 23.4 Å². The quantitative estimate of drug-likeness (QED) is 0.514. The summed E-state index contributed by atoms with van der Waals surface area (Å²) in [7, 11) is 0. The summed E-state index contributed by atoms with van der Waals surface area (Å²) < 4.78 is 3.29. The lowest BCUT2D eigenvalue weighted by Gasteiger charge is -2.31. The normalized spacial score (nSPS) is 15.1. The van der Waals surface area contributed by atoms with E-state index in [9.17, 15) is 9.59 Å². The Morgan fingerprint density at radius 2 is 1.80 bits per heavy atom. The van der Waals surface area contributed by atoms with E-state index in [1.807, 2.05) is 39.8 Å². The maximum Gasteiger partial charge on any atom is 0.277 e. The SMILES string of the molecule is O=C(CCn1nnc2ccccc2c1=O)N1CCC(c2nnc3ccccn23)CC1. The summed E-state index contributed by atoms with van der Waals surface area (Å²) in [5.74, 6) is 1.26. The molecule has 0 atom stereocenters. The Balaban J connectivity index is 1.21. The van der Waals surface area contributed by atoms with Crippen LogP contribution in [-0.4, -0.2) is 53.5 Å². The first-order valence-corrected chi connectivity index (χ1v) is 10.1. The Bertz CT molecular complexity index is 1270. The third kappa shape index (κ3) is 3.32. The number of amides is 1. The molecule has 1 amide bonds. The molecule has 0 radical (unpaired) electrons. The minimum Gasteiger partial charge on any atom is -0.343 e. The molecule has 1 aliphatic heterocycles. The highest BCUT2D eigenvalue weighted by Gasteiger charge is 2.26. The van der Waals surface area contributed by atoms with E-state index < -0.39 is 0 Å². The molecule has 1 fully saturated rings. The molecule has 0 saturated carbocycles. The van der Waals surface area contributed by atoms with Gasteiger partial charge in [-0.15, -0.1) is 15.3 Å². The monoisotopic (exact) mass is 403 g/mol. The molecular formula is C21H21N7O2. The number of nitrogens with zero attached hydrogens (tertiary/aromatic N) is 7. The summed E-state index contributed by atoms with van der Waals surface area (Å²) in [6.07, 6.45) is 3.89. The molecule has 0 spiro atoms. The first-order valence-electron chi connectivity index (χ1n) is 10.1. The minimum absolute atomic E-state index is 0.0291. The fourth-order valence-electron chi connectivity index (χ4n) is 4.05. The van der Waals surface area contributed by atoms with Crippen LogP contribution < -0.4 is 5.56 Å². The van der Waals surface area contributed by atoms with Crippen molar-refractivity contribution in [3.05, 3.63) is 64.8 Å². The van der Waals surface area contributed by atoms with Crippen LogP contribution in [0.25, 0.3) is 16.6 Å². The van der Waals surface area contributed by atoms with Crippen molar-refractivity contribution >= 4 is 22.5 Å². The number of pyridine rings is 1. The first kappa shape index (κ1) is 18.4. The zero-order chi connectivity index (χ0) is 20.5. The maximum absolute atomic E-state index is 12.7. The molecule has 4 aromatic rings. The lowest BCUT2D eigenvalue weighted by Crippen LogP contribution is -2.39. The zero-order valence-corrected chi connectivity index (χ0v) is 16.4. The summed E-state index contributed by atoms with van der Waals surface area (Å²) in [6.45, 7) is 1.57. The van der Waals surface area contributed by atoms with Gasteiger partial charge in [0.1, 0.15) is 11.3 Å². The van der Waals surface area contributed by atoms with Gasteiger partial charge in [-0.2, -0.15) is 0 Å². The topological polar surface area (TPSA) is 98.3 Å². The molecule has 0 bridgehead atoms. The molecule has 0 aliphatic carbocycles. The molecule has 1 aliphatic rings. The Morgan fingerprint density at radius 1 is 1.00 bits per heavy atom. The van der Waals surface area contributed by atoms with Crippen molar-refractivity contribution in [2.45, 2.75) is 31.7 Å². The number of likely N-dealkylation sites (tertiary alicyclic amines) is 1. The van der Waals surface area contributed by atoms with Crippen LogP contribution in [0.1, 0.15) is 31.0 Å². The average molecular weight is 403 g/mol. The summed E-state index contributed by atoms with van der Waals surface area (Å²) in [6, 6.07) is 12.9. The summed E-state index contributed by atoms with van der Waals surface area (Å²) in [5.41, 5.74) is 1.19. The molecule has 5 rings (SSSR count). The molecule has 1 aromatic carbocycles. The standard InChI is InChI=1S/C21H21N7O2/c29-19(10-14-28-21(30)16-5-1-2-6-17(16)22-25-28)26-12-8-15(9-13-26)20-24-23-18-7-3-4-11-27(18)20/h1-7,11,15H,8-10,12-14H2. The van der Waals surface area contributed by atoms with E-state index in [0.717, 1.165) is 24.3 Å². The van der Waals surface area contributed by atoms with E-state index in [2.05, 4.69) is 20.5 Å². The molecule has 0 N–H and O–H groups in total. The predicted octanol–water partition coefficient (Wildman–Crippen LogP) is 1.63. The number of benzene rings is 1. The van der Waals surface area contributed by atoms with Crippen LogP contribution in [0.15, 0.2) is 53.5 Å². The fraction of sp³-hybridized carbons (Fsp3) is 0.333.